The largest absolute Gasteiger partial charge is 0.376 e. The van der Waals surface area contributed by atoms with Crippen molar-refractivity contribution in [3.8, 4) is 0 Å². The van der Waals surface area contributed by atoms with Crippen LogP contribution in [0, 0.1) is 13.8 Å². The molecule has 0 aliphatic heterocycles. The molecule has 0 aliphatic rings. The average Bonchev–Trinajstić information content (AvgIpc) is 2.44. The summed E-state index contributed by atoms with van der Waals surface area (Å²) < 4.78 is 0.971. The number of carbonyl (C=O) groups is 1. The number of benzene rings is 2. The molecule has 0 saturated heterocycles. The third-order valence-corrected chi connectivity index (χ3v) is 4.18. The van der Waals surface area contributed by atoms with Gasteiger partial charge in [0, 0.05) is 20.9 Å². The van der Waals surface area contributed by atoms with Crippen LogP contribution in [0.4, 0.5) is 11.4 Å². The highest BCUT2D eigenvalue weighted by molar-refractivity contribution is 9.10. The van der Waals surface area contributed by atoms with Gasteiger partial charge in [-0.25, -0.2) is 0 Å². The highest BCUT2D eigenvalue weighted by Gasteiger charge is 2.05. The Morgan fingerprint density at radius 1 is 1.14 bits per heavy atom. The molecule has 2 aromatic rings. The Hall–Kier alpha value is -1.52. The fourth-order valence-corrected chi connectivity index (χ4v) is 2.39. The van der Waals surface area contributed by atoms with Crippen molar-refractivity contribution in [1.82, 2.24) is 0 Å². The summed E-state index contributed by atoms with van der Waals surface area (Å²) in [5.74, 6) is -0.106. The minimum Gasteiger partial charge on any atom is -0.376 e. The zero-order valence-corrected chi connectivity index (χ0v) is 14.2. The molecule has 2 N–H and O–H groups in total. The summed E-state index contributed by atoms with van der Waals surface area (Å²) in [6, 6.07) is 11.3. The van der Waals surface area contributed by atoms with Crippen LogP contribution in [0.2, 0.25) is 5.02 Å². The van der Waals surface area contributed by atoms with Gasteiger partial charge in [0.25, 0.3) is 0 Å². The first-order chi connectivity index (χ1) is 9.95. The monoisotopic (exact) mass is 366 g/mol. The third kappa shape index (κ3) is 4.48. The molecule has 21 heavy (non-hydrogen) atoms. The van der Waals surface area contributed by atoms with Gasteiger partial charge in [-0.3, -0.25) is 4.79 Å². The second-order valence-electron chi connectivity index (χ2n) is 4.82. The molecule has 2 aromatic carbocycles. The van der Waals surface area contributed by atoms with Crippen LogP contribution in [0.15, 0.2) is 40.9 Å². The molecule has 0 radical (unpaired) electrons. The van der Waals surface area contributed by atoms with Gasteiger partial charge in [0.2, 0.25) is 5.91 Å². The molecule has 3 nitrogen and oxygen atoms in total. The Balaban J connectivity index is 1.95. The van der Waals surface area contributed by atoms with E-state index in [1.807, 2.05) is 50.2 Å². The predicted octanol–water partition coefficient (Wildman–Crippen LogP) is 4.77. The molecule has 0 unspecified atom stereocenters. The molecule has 0 spiro atoms. The zero-order chi connectivity index (χ0) is 15.4. The van der Waals surface area contributed by atoms with Crippen molar-refractivity contribution in [3.63, 3.8) is 0 Å². The van der Waals surface area contributed by atoms with Crippen LogP contribution in [0.5, 0.6) is 0 Å². The Labute approximate surface area is 137 Å². The number of hydrogen-bond acceptors (Lipinski definition) is 2. The molecule has 1 amide bonds. The lowest BCUT2D eigenvalue weighted by molar-refractivity contribution is -0.114. The van der Waals surface area contributed by atoms with Gasteiger partial charge in [-0.2, -0.15) is 0 Å². The molecular weight excluding hydrogens is 352 g/mol. The summed E-state index contributed by atoms with van der Waals surface area (Å²) in [5, 5.41) is 6.59. The van der Waals surface area contributed by atoms with E-state index in [1.165, 1.54) is 0 Å². The van der Waals surface area contributed by atoms with Crippen molar-refractivity contribution < 1.29 is 4.79 Å². The minimum absolute atomic E-state index is 0.106. The number of rotatable bonds is 4. The summed E-state index contributed by atoms with van der Waals surface area (Å²) in [6.07, 6.45) is 0. The fourth-order valence-electron chi connectivity index (χ4n) is 1.84. The molecule has 0 aromatic heterocycles. The van der Waals surface area contributed by atoms with Gasteiger partial charge in [-0.15, -0.1) is 0 Å². The van der Waals surface area contributed by atoms with E-state index in [1.54, 1.807) is 0 Å². The van der Waals surface area contributed by atoms with Crippen molar-refractivity contribution in [1.29, 1.82) is 0 Å². The van der Waals surface area contributed by atoms with Crippen LogP contribution in [-0.4, -0.2) is 12.5 Å². The number of amides is 1. The molecule has 110 valence electrons. The van der Waals surface area contributed by atoms with Crippen LogP contribution in [0.3, 0.4) is 0 Å². The molecule has 5 heteroatoms. The van der Waals surface area contributed by atoms with E-state index < -0.39 is 0 Å². The van der Waals surface area contributed by atoms with Gasteiger partial charge >= 0.3 is 0 Å². The highest BCUT2D eigenvalue weighted by atomic mass is 79.9. The molecule has 2 rings (SSSR count). The number of halogens is 2. The molecule has 0 fully saturated rings. The van der Waals surface area contributed by atoms with Gasteiger partial charge < -0.3 is 10.6 Å². The average molecular weight is 368 g/mol. The second kappa shape index (κ2) is 6.96. The Bertz CT molecular complexity index is 673. The van der Waals surface area contributed by atoms with E-state index in [9.17, 15) is 4.79 Å². The summed E-state index contributed by atoms with van der Waals surface area (Å²) in [7, 11) is 0. The lowest BCUT2D eigenvalue weighted by Crippen LogP contribution is -2.22. The van der Waals surface area contributed by atoms with Crippen LogP contribution in [-0.2, 0) is 4.79 Å². The Kier molecular flexibility index (Phi) is 5.26. The van der Waals surface area contributed by atoms with Gasteiger partial charge in [-0.1, -0.05) is 39.7 Å². The maximum absolute atomic E-state index is 12.0. The molecule has 0 atom stereocenters. The quantitative estimate of drug-likeness (QED) is 0.817. The molecule has 0 heterocycles. The van der Waals surface area contributed by atoms with Crippen molar-refractivity contribution in [2.24, 2.45) is 0 Å². The lowest BCUT2D eigenvalue weighted by Gasteiger charge is -2.11. The van der Waals surface area contributed by atoms with Crippen molar-refractivity contribution in [3.05, 3.63) is 57.0 Å². The highest BCUT2D eigenvalue weighted by Crippen LogP contribution is 2.21. The Morgan fingerprint density at radius 3 is 2.57 bits per heavy atom. The lowest BCUT2D eigenvalue weighted by atomic mass is 10.2. The van der Waals surface area contributed by atoms with E-state index in [0.29, 0.717) is 5.02 Å². The SMILES string of the molecule is Cc1ccc(NC(=O)CNc2cc(Cl)ccc2C)cc1Br. The smallest absolute Gasteiger partial charge is 0.243 e. The summed E-state index contributed by atoms with van der Waals surface area (Å²) >= 11 is 9.40. The maximum atomic E-state index is 12.0. The zero-order valence-electron chi connectivity index (χ0n) is 11.8. The summed E-state index contributed by atoms with van der Waals surface area (Å²) in [4.78, 5) is 12.0. The van der Waals surface area contributed by atoms with Crippen molar-refractivity contribution >= 4 is 44.8 Å². The van der Waals surface area contributed by atoms with Crippen molar-refractivity contribution in [2.75, 3.05) is 17.2 Å². The second-order valence-corrected chi connectivity index (χ2v) is 6.12. The van der Waals surface area contributed by atoms with E-state index >= 15 is 0 Å². The van der Waals surface area contributed by atoms with E-state index in [-0.39, 0.29) is 12.5 Å². The number of carbonyl (C=O) groups excluding carboxylic acids is 1. The molecule has 0 aliphatic carbocycles. The standard InChI is InChI=1S/C16H16BrClN2O/c1-10-4-6-13(8-14(10)17)20-16(21)9-19-15-7-12(18)5-3-11(15)2/h3-8,19H,9H2,1-2H3,(H,20,21). The number of hydrogen-bond donors (Lipinski definition) is 2. The van der Waals surface area contributed by atoms with Crippen LogP contribution in [0.25, 0.3) is 0 Å². The van der Waals surface area contributed by atoms with Gasteiger partial charge in [-0.05, 0) is 49.2 Å². The molecule has 0 saturated carbocycles. The van der Waals surface area contributed by atoms with Gasteiger partial charge in [0.05, 0.1) is 6.54 Å². The number of anilines is 2. The Morgan fingerprint density at radius 2 is 1.86 bits per heavy atom. The van der Waals surface area contributed by atoms with E-state index in [4.69, 9.17) is 11.6 Å². The number of aryl methyl sites for hydroxylation is 2. The van der Waals surface area contributed by atoms with Crippen LogP contribution >= 0.6 is 27.5 Å². The predicted molar refractivity (Wildman–Crippen MR) is 92.2 cm³/mol. The number of nitrogens with one attached hydrogen (secondary N) is 2. The minimum atomic E-state index is -0.106. The first-order valence-corrected chi connectivity index (χ1v) is 7.69. The van der Waals surface area contributed by atoms with Crippen LogP contribution < -0.4 is 10.6 Å². The maximum Gasteiger partial charge on any atom is 0.243 e. The van der Waals surface area contributed by atoms with Crippen molar-refractivity contribution in [2.45, 2.75) is 13.8 Å². The normalized spacial score (nSPS) is 10.3. The molecule has 0 bridgehead atoms. The first-order valence-electron chi connectivity index (χ1n) is 6.52. The summed E-state index contributed by atoms with van der Waals surface area (Å²) in [5.41, 5.74) is 3.80. The van der Waals surface area contributed by atoms with E-state index in [0.717, 1.165) is 27.0 Å². The third-order valence-electron chi connectivity index (χ3n) is 3.09. The van der Waals surface area contributed by atoms with Gasteiger partial charge in [0.1, 0.15) is 0 Å². The van der Waals surface area contributed by atoms with Crippen LogP contribution in [0.1, 0.15) is 11.1 Å². The molecular formula is C16H16BrClN2O. The van der Waals surface area contributed by atoms with E-state index in [2.05, 4.69) is 26.6 Å². The first kappa shape index (κ1) is 15.9. The van der Waals surface area contributed by atoms with Gasteiger partial charge in [0.15, 0.2) is 0 Å². The summed E-state index contributed by atoms with van der Waals surface area (Å²) in [6.45, 7) is 4.15. The topological polar surface area (TPSA) is 41.1 Å². The fraction of sp³-hybridized carbons (Fsp3) is 0.188.